The molecule has 0 radical (unpaired) electrons. The molecule has 0 spiro atoms. The van der Waals surface area contributed by atoms with Gasteiger partial charge in [0.05, 0.1) is 5.69 Å². The number of halogens is 3. The fourth-order valence-electron chi connectivity index (χ4n) is 10.7. The lowest BCUT2D eigenvalue weighted by Gasteiger charge is -2.41. The molecule has 68 heavy (non-hydrogen) atoms. The molecular weight excluding hydrogens is 902 g/mol. The number of nitrogens with one attached hydrogen (secondary N) is 2. The van der Waals surface area contributed by atoms with Crippen molar-refractivity contribution in [1.29, 1.82) is 0 Å². The van der Waals surface area contributed by atoms with Crippen molar-refractivity contribution in [2.45, 2.75) is 120 Å². The Morgan fingerprint density at radius 2 is 1.51 bits per heavy atom. The van der Waals surface area contributed by atoms with Gasteiger partial charge in [0.25, 0.3) is 15.7 Å². The van der Waals surface area contributed by atoms with E-state index in [1.54, 1.807) is 35.0 Å². The topological polar surface area (TPSA) is 88.2 Å². The summed E-state index contributed by atoms with van der Waals surface area (Å²) in [6.07, 6.45) is 11.7. The van der Waals surface area contributed by atoms with E-state index in [2.05, 4.69) is 64.9 Å². The van der Waals surface area contributed by atoms with E-state index in [0.29, 0.717) is 29.1 Å². The normalized spacial score (nSPS) is 21.7. The van der Waals surface area contributed by atoms with E-state index < -0.39 is 26.1 Å². The number of piperazine rings is 2. The van der Waals surface area contributed by atoms with Crippen molar-refractivity contribution in [3.8, 4) is 0 Å². The molecule has 2 heterocycles. The molecule has 2 N–H and O–H groups in total. The van der Waals surface area contributed by atoms with Crippen molar-refractivity contribution in [3.63, 3.8) is 0 Å². The highest BCUT2D eigenvalue weighted by Crippen LogP contribution is 2.53. The van der Waals surface area contributed by atoms with Crippen LogP contribution in [0.15, 0.2) is 93.7 Å². The maximum absolute atomic E-state index is 14.3. The number of carbonyl (C=O) groups excluding carboxylic acids is 1. The van der Waals surface area contributed by atoms with Crippen molar-refractivity contribution < 1.29 is 26.4 Å². The molecule has 3 fully saturated rings. The van der Waals surface area contributed by atoms with Crippen LogP contribution in [0.1, 0.15) is 109 Å². The number of carbonyl (C=O) groups is 1. The second kappa shape index (κ2) is 23.6. The summed E-state index contributed by atoms with van der Waals surface area (Å²) in [5, 5.41) is 5.90. The minimum atomic E-state index is -5.79. The standard InChI is InChI=1S/C54H77F3N6O3S2/c1-6-8-9-13-25-60-27-29-61(30-28-60)26-23-44(39-67-46-14-11-10-12-15-46)58-50-21-18-43(36-51(50)68(65,66)54(55,56)57)59-52(64)41-16-19-45(20-17-41)63-33-31-62(32-34-63)38-42-22-24-53(4,5)37-49(42)47(7-2)48-35-40(48)3/h10-12,14-21,36,40,44,47-48,58H,6-9,13,22-35,37-39H2,1-5H3,(H,59,64). The zero-order valence-electron chi connectivity index (χ0n) is 41.3. The third kappa shape index (κ3) is 14.1. The summed E-state index contributed by atoms with van der Waals surface area (Å²) in [6.45, 7) is 22.1. The van der Waals surface area contributed by atoms with Crippen molar-refractivity contribution >= 4 is 44.6 Å². The number of thioether (sulfide) groups is 1. The van der Waals surface area contributed by atoms with Crippen LogP contribution in [-0.2, 0) is 9.84 Å². The molecule has 374 valence electrons. The molecular formula is C54H77F3N6O3S2. The molecule has 4 aliphatic rings. The number of nitrogens with zero attached hydrogens (tertiary/aromatic N) is 4. The molecule has 9 nitrogen and oxygen atoms in total. The summed E-state index contributed by atoms with van der Waals surface area (Å²) >= 11 is 1.57. The third-order valence-electron chi connectivity index (χ3n) is 15.1. The lowest BCUT2D eigenvalue weighted by molar-refractivity contribution is -0.0435. The van der Waals surface area contributed by atoms with Crippen molar-refractivity contribution in [2.75, 3.05) is 93.3 Å². The van der Waals surface area contributed by atoms with Crippen LogP contribution in [0.3, 0.4) is 0 Å². The molecule has 7 rings (SSSR count). The number of hydrogen-bond acceptors (Lipinski definition) is 9. The van der Waals surface area contributed by atoms with Crippen LogP contribution in [0, 0.1) is 23.2 Å². The lowest BCUT2D eigenvalue weighted by Crippen LogP contribution is -2.47. The minimum Gasteiger partial charge on any atom is -0.380 e. The van der Waals surface area contributed by atoms with Gasteiger partial charge in [-0.2, -0.15) is 13.2 Å². The average molecular weight is 979 g/mol. The fraction of sp³-hybridized carbons (Fsp3) is 0.611. The van der Waals surface area contributed by atoms with Crippen molar-refractivity contribution in [1.82, 2.24) is 14.7 Å². The fourth-order valence-corrected chi connectivity index (χ4v) is 12.6. The highest BCUT2D eigenvalue weighted by Gasteiger charge is 2.48. The molecule has 14 heteroatoms. The summed E-state index contributed by atoms with van der Waals surface area (Å²) in [7, 11) is -5.79. The van der Waals surface area contributed by atoms with E-state index in [1.807, 2.05) is 42.5 Å². The number of hydrogen-bond donors (Lipinski definition) is 2. The Labute approximate surface area is 410 Å². The Kier molecular flexibility index (Phi) is 18.1. The molecule has 1 saturated carbocycles. The predicted octanol–water partition coefficient (Wildman–Crippen LogP) is 11.7. The zero-order valence-corrected chi connectivity index (χ0v) is 42.9. The first-order chi connectivity index (χ1) is 32.5. The molecule has 3 aromatic carbocycles. The zero-order chi connectivity index (χ0) is 48.5. The van der Waals surface area contributed by atoms with Crippen LogP contribution in [-0.4, -0.2) is 118 Å². The summed E-state index contributed by atoms with van der Waals surface area (Å²) in [5.74, 6) is 2.37. The average Bonchev–Trinajstić information content (AvgIpc) is 4.05. The predicted molar refractivity (Wildman–Crippen MR) is 275 cm³/mol. The van der Waals surface area contributed by atoms with Crippen molar-refractivity contribution in [3.05, 3.63) is 89.5 Å². The van der Waals surface area contributed by atoms with E-state index in [0.717, 1.165) is 100 Å². The largest absolute Gasteiger partial charge is 0.501 e. The maximum Gasteiger partial charge on any atom is 0.501 e. The van der Waals surface area contributed by atoms with E-state index in [1.165, 1.54) is 69.9 Å². The molecule has 1 amide bonds. The van der Waals surface area contributed by atoms with Gasteiger partial charge in [0.1, 0.15) is 4.90 Å². The number of amides is 1. The molecule has 2 saturated heterocycles. The van der Waals surface area contributed by atoms with E-state index >= 15 is 0 Å². The molecule has 0 aromatic heterocycles. The molecule has 2 aliphatic heterocycles. The monoisotopic (exact) mass is 979 g/mol. The Bertz CT molecular complexity index is 2240. The Hall–Kier alpha value is -3.56. The first-order valence-corrected chi connectivity index (χ1v) is 27.9. The van der Waals surface area contributed by atoms with Crippen LogP contribution < -0.4 is 15.5 Å². The smallest absolute Gasteiger partial charge is 0.380 e. The quantitative estimate of drug-likeness (QED) is 0.0581. The summed E-state index contributed by atoms with van der Waals surface area (Å²) in [4.78, 5) is 23.5. The van der Waals surface area contributed by atoms with Gasteiger partial charge < -0.3 is 25.3 Å². The second-order valence-electron chi connectivity index (χ2n) is 20.8. The minimum absolute atomic E-state index is 0.0388. The number of rotatable bonds is 22. The van der Waals surface area contributed by atoms with Gasteiger partial charge in [0.2, 0.25) is 0 Å². The number of anilines is 3. The van der Waals surface area contributed by atoms with Crippen molar-refractivity contribution in [2.24, 2.45) is 23.2 Å². The van der Waals surface area contributed by atoms with Crippen LogP contribution in [0.25, 0.3) is 0 Å². The van der Waals surface area contributed by atoms with Gasteiger partial charge in [0.15, 0.2) is 0 Å². The summed E-state index contributed by atoms with van der Waals surface area (Å²) in [6, 6.07) is 20.4. The second-order valence-corrected chi connectivity index (χ2v) is 23.8. The van der Waals surface area contributed by atoms with E-state index in [4.69, 9.17) is 0 Å². The first-order valence-electron chi connectivity index (χ1n) is 25.5. The highest BCUT2D eigenvalue weighted by molar-refractivity contribution is 7.99. The van der Waals surface area contributed by atoms with Crippen LogP contribution >= 0.6 is 11.8 Å². The summed E-state index contributed by atoms with van der Waals surface area (Å²) in [5.41, 5.74) is -0.608. The Balaban J connectivity index is 0.982. The number of allylic oxidation sites excluding steroid dienone is 1. The van der Waals surface area contributed by atoms with Crippen LogP contribution in [0.4, 0.5) is 30.2 Å². The molecule has 2 aliphatic carbocycles. The first kappa shape index (κ1) is 52.3. The SMILES string of the molecule is CCCCCCN1CCN(CCC(CSc2ccccc2)Nc2ccc(NC(=O)c3ccc(N4CCN(CC5=C(C(CC)C6CC6C)CC(C)(C)CC5)CC4)cc3)cc2S(=O)(=O)C(F)(F)F)CC1. The number of unbranched alkanes of at least 4 members (excludes halogenated alkanes) is 3. The van der Waals surface area contributed by atoms with Gasteiger partial charge in [-0.25, -0.2) is 8.42 Å². The Morgan fingerprint density at radius 3 is 2.15 bits per heavy atom. The lowest BCUT2D eigenvalue weighted by atomic mass is 9.69. The number of sulfone groups is 1. The van der Waals surface area contributed by atoms with Crippen LogP contribution in [0.2, 0.25) is 0 Å². The van der Waals surface area contributed by atoms with Gasteiger partial charge in [-0.1, -0.05) is 83.2 Å². The third-order valence-corrected chi connectivity index (χ3v) is 17.8. The van der Waals surface area contributed by atoms with Gasteiger partial charge in [0, 0.05) is 99.1 Å². The molecule has 0 bridgehead atoms. The molecule has 4 unspecified atom stereocenters. The van der Waals surface area contributed by atoms with E-state index in [9.17, 15) is 26.4 Å². The Morgan fingerprint density at radius 1 is 0.853 bits per heavy atom. The highest BCUT2D eigenvalue weighted by atomic mass is 32.2. The van der Waals surface area contributed by atoms with Gasteiger partial charge in [-0.3, -0.25) is 9.69 Å². The van der Waals surface area contributed by atoms with E-state index in [-0.39, 0.29) is 17.4 Å². The van der Waals surface area contributed by atoms with Gasteiger partial charge >= 0.3 is 5.51 Å². The molecule has 3 aromatic rings. The van der Waals surface area contributed by atoms with Gasteiger partial charge in [-0.15, -0.1) is 11.8 Å². The number of benzene rings is 3. The summed E-state index contributed by atoms with van der Waals surface area (Å²) < 4.78 is 69.4. The van der Waals surface area contributed by atoms with Crippen LogP contribution in [0.5, 0.6) is 0 Å². The molecule has 4 atom stereocenters. The maximum atomic E-state index is 14.3. The number of alkyl halides is 3. The van der Waals surface area contributed by atoms with Gasteiger partial charge in [-0.05, 0) is 129 Å².